The molecule has 0 bridgehead atoms. The fourth-order valence-electron chi connectivity index (χ4n) is 1.48. The van der Waals surface area contributed by atoms with Crippen LogP contribution in [0.2, 0.25) is 0 Å². The molecule has 2 aromatic rings. The summed E-state index contributed by atoms with van der Waals surface area (Å²) < 4.78 is 6.97. The van der Waals surface area contributed by atoms with Crippen molar-refractivity contribution in [3.05, 3.63) is 38.6 Å². The van der Waals surface area contributed by atoms with Crippen molar-refractivity contribution in [1.82, 2.24) is 19.7 Å². The Hall–Kier alpha value is -1.50. The van der Waals surface area contributed by atoms with Gasteiger partial charge in [-0.3, -0.25) is 9.36 Å². The first-order chi connectivity index (χ1) is 8.61. The zero-order valence-corrected chi connectivity index (χ0v) is 11.8. The number of nitrogens with zero attached hydrogens (tertiary/aromatic N) is 4. The minimum absolute atomic E-state index is 0.149. The van der Waals surface area contributed by atoms with E-state index in [1.165, 1.54) is 10.9 Å². The van der Waals surface area contributed by atoms with Crippen LogP contribution in [-0.2, 0) is 13.0 Å². The van der Waals surface area contributed by atoms with Crippen LogP contribution in [0.5, 0.6) is 0 Å². The van der Waals surface area contributed by atoms with Crippen LogP contribution < -0.4 is 5.56 Å². The van der Waals surface area contributed by atoms with Crippen molar-refractivity contribution in [3.8, 4) is 0 Å². The van der Waals surface area contributed by atoms with Crippen molar-refractivity contribution in [2.24, 2.45) is 0 Å². The molecule has 96 valence electrons. The van der Waals surface area contributed by atoms with Crippen LogP contribution in [0.4, 0.5) is 0 Å². The molecule has 0 aromatic carbocycles. The minimum atomic E-state index is -0.149. The Morgan fingerprint density at radius 3 is 3.00 bits per heavy atom. The van der Waals surface area contributed by atoms with Crippen LogP contribution in [0.15, 0.2) is 20.1 Å². The summed E-state index contributed by atoms with van der Waals surface area (Å²) in [6.07, 6.45) is 3.18. The standard InChI is InChI=1S/C11H13BrN4O2/c1-3-4-9-14-8(15-18-9)5-16-6-13-7(2)10(12)11(16)17/h6H,3-5H2,1-2H3. The topological polar surface area (TPSA) is 73.8 Å². The van der Waals surface area contributed by atoms with Gasteiger partial charge in [-0.2, -0.15) is 4.98 Å². The second-order valence-electron chi connectivity index (χ2n) is 3.93. The molecule has 2 aromatic heterocycles. The summed E-state index contributed by atoms with van der Waals surface area (Å²) in [5, 5.41) is 3.83. The van der Waals surface area contributed by atoms with Crippen LogP contribution in [0.1, 0.15) is 30.8 Å². The molecule has 0 N–H and O–H groups in total. The summed E-state index contributed by atoms with van der Waals surface area (Å²) in [5.41, 5.74) is 0.514. The van der Waals surface area contributed by atoms with Gasteiger partial charge in [0.05, 0.1) is 18.6 Å². The highest BCUT2D eigenvalue weighted by Crippen LogP contribution is 2.07. The monoisotopic (exact) mass is 312 g/mol. The normalized spacial score (nSPS) is 10.8. The maximum absolute atomic E-state index is 11.9. The summed E-state index contributed by atoms with van der Waals surface area (Å²) in [7, 11) is 0. The van der Waals surface area contributed by atoms with Crippen LogP contribution in [-0.4, -0.2) is 19.7 Å². The van der Waals surface area contributed by atoms with E-state index in [4.69, 9.17) is 4.52 Å². The van der Waals surface area contributed by atoms with Crippen molar-refractivity contribution in [2.45, 2.75) is 33.2 Å². The van der Waals surface area contributed by atoms with Crippen LogP contribution in [0, 0.1) is 6.92 Å². The van der Waals surface area contributed by atoms with Gasteiger partial charge in [-0.15, -0.1) is 0 Å². The van der Waals surface area contributed by atoms with Gasteiger partial charge in [-0.25, -0.2) is 4.98 Å². The quantitative estimate of drug-likeness (QED) is 0.859. The predicted octanol–water partition coefficient (Wildman–Crippen LogP) is 1.70. The first kappa shape index (κ1) is 12.9. The molecule has 0 aliphatic rings. The van der Waals surface area contributed by atoms with Gasteiger partial charge in [-0.05, 0) is 29.3 Å². The van der Waals surface area contributed by atoms with E-state index in [9.17, 15) is 4.79 Å². The molecule has 0 saturated carbocycles. The van der Waals surface area contributed by atoms with Crippen LogP contribution in [0.3, 0.4) is 0 Å². The molecule has 0 spiro atoms. The van der Waals surface area contributed by atoms with E-state index in [1.807, 2.05) is 6.92 Å². The molecule has 0 aliphatic heterocycles. The van der Waals surface area contributed by atoms with Crippen LogP contribution >= 0.6 is 15.9 Å². The van der Waals surface area contributed by atoms with E-state index in [0.717, 1.165) is 12.8 Å². The average molecular weight is 313 g/mol. The Morgan fingerprint density at radius 1 is 1.50 bits per heavy atom. The van der Waals surface area contributed by atoms with Gasteiger partial charge in [-0.1, -0.05) is 12.1 Å². The summed E-state index contributed by atoms with van der Waals surface area (Å²) in [6, 6.07) is 0. The van der Waals surface area contributed by atoms with Crippen molar-refractivity contribution in [2.75, 3.05) is 0 Å². The lowest BCUT2D eigenvalue weighted by Gasteiger charge is -2.03. The lowest BCUT2D eigenvalue weighted by molar-refractivity contribution is 0.370. The molecular formula is C11H13BrN4O2. The molecule has 18 heavy (non-hydrogen) atoms. The molecular weight excluding hydrogens is 300 g/mol. The summed E-state index contributed by atoms with van der Waals surface area (Å²) >= 11 is 3.21. The number of hydrogen-bond acceptors (Lipinski definition) is 5. The smallest absolute Gasteiger partial charge is 0.268 e. The van der Waals surface area contributed by atoms with Crippen molar-refractivity contribution in [1.29, 1.82) is 0 Å². The van der Waals surface area contributed by atoms with E-state index in [0.29, 0.717) is 21.9 Å². The van der Waals surface area contributed by atoms with E-state index >= 15 is 0 Å². The second-order valence-corrected chi connectivity index (χ2v) is 4.72. The number of hydrogen-bond donors (Lipinski definition) is 0. The maximum Gasteiger partial charge on any atom is 0.268 e. The first-order valence-electron chi connectivity index (χ1n) is 5.64. The molecule has 7 heteroatoms. The fourth-order valence-corrected chi connectivity index (χ4v) is 1.81. The predicted molar refractivity (Wildman–Crippen MR) is 68.3 cm³/mol. The molecule has 0 radical (unpaired) electrons. The summed E-state index contributed by atoms with van der Waals surface area (Å²) in [6.45, 7) is 4.07. The summed E-state index contributed by atoms with van der Waals surface area (Å²) in [4.78, 5) is 20.2. The third kappa shape index (κ3) is 2.66. The summed E-state index contributed by atoms with van der Waals surface area (Å²) in [5.74, 6) is 1.08. The Morgan fingerprint density at radius 2 is 2.28 bits per heavy atom. The van der Waals surface area contributed by atoms with Gasteiger partial charge < -0.3 is 4.52 Å². The van der Waals surface area contributed by atoms with Gasteiger partial charge >= 0.3 is 0 Å². The molecule has 2 heterocycles. The van der Waals surface area contributed by atoms with Crippen molar-refractivity contribution < 1.29 is 4.52 Å². The van der Waals surface area contributed by atoms with Gasteiger partial charge in [0.25, 0.3) is 5.56 Å². The van der Waals surface area contributed by atoms with E-state index in [-0.39, 0.29) is 12.1 Å². The largest absolute Gasteiger partial charge is 0.339 e. The van der Waals surface area contributed by atoms with Gasteiger partial charge in [0, 0.05) is 6.42 Å². The second kappa shape index (κ2) is 5.43. The molecule has 0 aliphatic carbocycles. The SMILES string of the molecule is CCCc1nc(Cn2cnc(C)c(Br)c2=O)no1. The lowest BCUT2D eigenvalue weighted by Crippen LogP contribution is -2.23. The molecule has 0 saturated heterocycles. The molecule has 0 amide bonds. The highest BCUT2D eigenvalue weighted by Gasteiger charge is 2.10. The van der Waals surface area contributed by atoms with Crippen molar-refractivity contribution >= 4 is 15.9 Å². The first-order valence-corrected chi connectivity index (χ1v) is 6.44. The molecule has 0 fully saturated rings. The van der Waals surface area contributed by atoms with Gasteiger partial charge in [0.1, 0.15) is 4.47 Å². The number of halogens is 1. The van der Waals surface area contributed by atoms with Crippen molar-refractivity contribution in [3.63, 3.8) is 0 Å². The third-order valence-electron chi connectivity index (χ3n) is 2.44. The highest BCUT2D eigenvalue weighted by molar-refractivity contribution is 9.10. The Labute approximate surface area is 112 Å². The lowest BCUT2D eigenvalue weighted by atomic mass is 10.3. The minimum Gasteiger partial charge on any atom is -0.339 e. The van der Waals surface area contributed by atoms with E-state index < -0.39 is 0 Å². The number of aryl methyl sites for hydroxylation is 2. The highest BCUT2D eigenvalue weighted by atomic mass is 79.9. The molecule has 0 atom stereocenters. The number of aromatic nitrogens is 4. The third-order valence-corrected chi connectivity index (χ3v) is 3.36. The van der Waals surface area contributed by atoms with E-state index in [2.05, 4.69) is 31.1 Å². The Kier molecular flexibility index (Phi) is 3.90. The Balaban J connectivity index is 2.23. The maximum atomic E-state index is 11.9. The van der Waals surface area contributed by atoms with Gasteiger partial charge in [0.15, 0.2) is 5.82 Å². The number of rotatable bonds is 4. The Bertz CT molecular complexity index is 605. The fraction of sp³-hybridized carbons (Fsp3) is 0.455. The molecule has 6 nitrogen and oxygen atoms in total. The average Bonchev–Trinajstić information content (AvgIpc) is 2.78. The zero-order valence-electron chi connectivity index (χ0n) is 10.2. The van der Waals surface area contributed by atoms with E-state index in [1.54, 1.807) is 6.92 Å². The molecule has 0 unspecified atom stereocenters. The zero-order chi connectivity index (χ0) is 13.1. The van der Waals surface area contributed by atoms with Crippen LogP contribution in [0.25, 0.3) is 0 Å². The van der Waals surface area contributed by atoms with Gasteiger partial charge in [0.2, 0.25) is 5.89 Å². The molecule has 2 rings (SSSR count).